The molecule has 5 nitrogen and oxygen atoms in total. The number of carbonyl (C=O) groups excluding carboxylic acids is 2. The standard InChI is InChI=1S/C20H37N3O2/c1-5-23-12-6-7-17(23)13-21-20(25)18(14(2)3)22-19(24)16-10-8-15(4)9-11-16/h14-18H,5-13H2,1-4H3,(H,21,25)(H,22,24)/t15?,16?,17-,18-/m1/s1. The number of likely N-dealkylation sites (N-methyl/N-ethyl adjacent to an activating group) is 1. The molecule has 0 bridgehead atoms. The maximum Gasteiger partial charge on any atom is 0.242 e. The minimum atomic E-state index is -0.427. The Morgan fingerprint density at radius 3 is 2.40 bits per heavy atom. The van der Waals surface area contributed by atoms with Gasteiger partial charge in [0.15, 0.2) is 0 Å². The van der Waals surface area contributed by atoms with Crippen LogP contribution in [0.4, 0.5) is 0 Å². The van der Waals surface area contributed by atoms with E-state index in [0.29, 0.717) is 12.6 Å². The summed E-state index contributed by atoms with van der Waals surface area (Å²) in [5.41, 5.74) is 0. The molecule has 2 atom stereocenters. The molecule has 1 aliphatic heterocycles. The molecule has 0 aromatic rings. The number of carbonyl (C=O) groups is 2. The molecule has 25 heavy (non-hydrogen) atoms. The van der Waals surface area contributed by atoms with Gasteiger partial charge >= 0.3 is 0 Å². The van der Waals surface area contributed by atoms with E-state index < -0.39 is 6.04 Å². The van der Waals surface area contributed by atoms with Gasteiger partial charge in [-0.3, -0.25) is 14.5 Å². The molecule has 0 spiro atoms. The predicted molar refractivity (Wildman–Crippen MR) is 101 cm³/mol. The van der Waals surface area contributed by atoms with Gasteiger partial charge in [0.05, 0.1) is 0 Å². The molecule has 2 aliphatic rings. The number of nitrogens with one attached hydrogen (secondary N) is 2. The van der Waals surface area contributed by atoms with Crippen LogP contribution in [0.2, 0.25) is 0 Å². The first-order valence-corrected chi connectivity index (χ1v) is 10.2. The summed E-state index contributed by atoms with van der Waals surface area (Å²) >= 11 is 0. The van der Waals surface area contributed by atoms with Crippen molar-refractivity contribution in [3.05, 3.63) is 0 Å². The van der Waals surface area contributed by atoms with Crippen molar-refractivity contribution in [3.63, 3.8) is 0 Å². The van der Waals surface area contributed by atoms with Crippen LogP contribution in [0.3, 0.4) is 0 Å². The van der Waals surface area contributed by atoms with Gasteiger partial charge in [-0.1, -0.05) is 27.7 Å². The average Bonchev–Trinajstić information content (AvgIpc) is 3.05. The smallest absolute Gasteiger partial charge is 0.242 e. The highest BCUT2D eigenvalue weighted by atomic mass is 16.2. The topological polar surface area (TPSA) is 61.4 Å². The molecule has 5 heteroatoms. The minimum Gasteiger partial charge on any atom is -0.353 e. The minimum absolute atomic E-state index is 0.0320. The second-order valence-electron chi connectivity index (χ2n) is 8.36. The number of likely N-dealkylation sites (tertiary alicyclic amines) is 1. The highest BCUT2D eigenvalue weighted by molar-refractivity contribution is 5.88. The van der Waals surface area contributed by atoms with Crippen LogP contribution >= 0.6 is 0 Å². The zero-order valence-electron chi connectivity index (χ0n) is 16.5. The van der Waals surface area contributed by atoms with Crippen molar-refractivity contribution in [2.75, 3.05) is 19.6 Å². The first kappa shape index (κ1) is 20.2. The van der Waals surface area contributed by atoms with Crippen molar-refractivity contribution in [1.82, 2.24) is 15.5 Å². The molecule has 1 aliphatic carbocycles. The van der Waals surface area contributed by atoms with Gasteiger partial charge in [-0.05, 0) is 63.5 Å². The molecule has 2 amide bonds. The molecule has 2 N–H and O–H groups in total. The van der Waals surface area contributed by atoms with Crippen LogP contribution in [0, 0.1) is 17.8 Å². The van der Waals surface area contributed by atoms with Crippen molar-refractivity contribution >= 4 is 11.8 Å². The van der Waals surface area contributed by atoms with E-state index in [1.807, 2.05) is 13.8 Å². The van der Waals surface area contributed by atoms with Crippen molar-refractivity contribution < 1.29 is 9.59 Å². The molecule has 0 aromatic heterocycles. The second kappa shape index (κ2) is 9.56. The lowest BCUT2D eigenvalue weighted by Crippen LogP contribution is -2.53. The molecule has 1 heterocycles. The summed E-state index contributed by atoms with van der Waals surface area (Å²) in [6.07, 6.45) is 6.49. The Morgan fingerprint density at radius 2 is 1.80 bits per heavy atom. The highest BCUT2D eigenvalue weighted by Gasteiger charge is 2.30. The maximum absolute atomic E-state index is 12.7. The van der Waals surface area contributed by atoms with Crippen molar-refractivity contribution in [1.29, 1.82) is 0 Å². The Hall–Kier alpha value is -1.10. The predicted octanol–water partition coefficient (Wildman–Crippen LogP) is 2.55. The van der Waals surface area contributed by atoms with E-state index in [9.17, 15) is 9.59 Å². The van der Waals surface area contributed by atoms with Crippen molar-refractivity contribution in [3.8, 4) is 0 Å². The molecule has 2 rings (SSSR count). The van der Waals surface area contributed by atoms with E-state index in [4.69, 9.17) is 0 Å². The first-order chi connectivity index (χ1) is 11.9. The van der Waals surface area contributed by atoms with Gasteiger partial charge in [0, 0.05) is 18.5 Å². The monoisotopic (exact) mass is 351 g/mol. The number of rotatable bonds is 7. The molecule has 0 unspecified atom stereocenters. The third-order valence-electron chi connectivity index (χ3n) is 6.05. The van der Waals surface area contributed by atoms with Crippen LogP contribution in [-0.2, 0) is 9.59 Å². The largest absolute Gasteiger partial charge is 0.353 e. The SMILES string of the molecule is CCN1CCC[C@@H]1CNC(=O)[C@H](NC(=O)C1CCC(C)CC1)C(C)C. The number of nitrogens with zero attached hydrogens (tertiary/aromatic N) is 1. The van der Waals surface area contributed by atoms with Gasteiger partial charge in [-0.2, -0.15) is 0 Å². The summed E-state index contributed by atoms with van der Waals surface area (Å²) in [6.45, 7) is 11.3. The Balaban J connectivity index is 1.84. The van der Waals surface area contributed by atoms with Crippen LogP contribution in [0.15, 0.2) is 0 Å². The van der Waals surface area contributed by atoms with Crippen LogP contribution in [0.1, 0.15) is 66.2 Å². The van der Waals surface area contributed by atoms with E-state index in [1.165, 1.54) is 6.42 Å². The molecule has 144 valence electrons. The summed E-state index contributed by atoms with van der Waals surface area (Å²) in [7, 11) is 0. The molecule has 0 aromatic carbocycles. The van der Waals surface area contributed by atoms with E-state index in [1.54, 1.807) is 0 Å². The van der Waals surface area contributed by atoms with Gasteiger partial charge in [-0.15, -0.1) is 0 Å². The Kier molecular flexibility index (Phi) is 7.73. The lowest BCUT2D eigenvalue weighted by atomic mass is 9.82. The van der Waals surface area contributed by atoms with E-state index in [0.717, 1.165) is 51.1 Å². The Bertz CT molecular complexity index is 444. The van der Waals surface area contributed by atoms with Gasteiger partial charge in [0.25, 0.3) is 0 Å². The lowest BCUT2D eigenvalue weighted by molar-refractivity contribution is -0.133. The highest BCUT2D eigenvalue weighted by Crippen LogP contribution is 2.28. The first-order valence-electron chi connectivity index (χ1n) is 10.2. The fourth-order valence-electron chi connectivity index (χ4n) is 4.20. The molecular weight excluding hydrogens is 314 g/mol. The fourth-order valence-corrected chi connectivity index (χ4v) is 4.20. The summed E-state index contributed by atoms with van der Waals surface area (Å²) in [6, 6.07) is 0.0145. The Morgan fingerprint density at radius 1 is 1.12 bits per heavy atom. The molecule has 1 saturated carbocycles. The number of hydrogen-bond acceptors (Lipinski definition) is 3. The lowest BCUT2D eigenvalue weighted by Gasteiger charge is -2.29. The molecule has 0 radical (unpaired) electrons. The van der Waals surface area contributed by atoms with Crippen molar-refractivity contribution in [2.45, 2.75) is 78.3 Å². The third-order valence-corrected chi connectivity index (χ3v) is 6.05. The number of hydrogen-bond donors (Lipinski definition) is 2. The van der Waals surface area contributed by atoms with Crippen LogP contribution in [0.5, 0.6) is 0 Å². The molecule has 2 fully saturated rings. The van der Waals surface area contributed by atoms with Crippen LogP contribution < -0.4 is 10.6 Å². The number of amides is 2. The van der Waals surface area contributed by atoms with E-state index >= 15 is 0 Å². The van der Waals surface area contributed by atoms with Gasteiger partial charge in [0.1, 0.15) is 6.04 Å². The summed E-state index contributed by atoms with van der Waals surface area (Å²) in [5.74, 6) is 0.932. The zero-order chi connectivity index (χ0) is 18.4. The normalized spacial score (nSPS) is 28.8. The molecular formula is C20H37N3O2. The van der Waals surface area contributed by atoms with Gasteiger partial charge < -0.3 is 10.6 Å². The molecule has 1 saturated heterocycles. The third kappa shape index (κ3) is 5.70. The maximum atomic E-state index is 12.7. The van der Waals surface area contributed by atoms with Crippen molar-refractivity contribution in [2.24, 2.45) is 17.8 Å². The average molecular weight is 352 g/mol. The van der Waals surface area contributed by atoms with E-state index in [2.05, 4.69) is 29.4 Å². The van der Waals surface area contributed by atoms with Crippen LogP contribution in [0.25, 0.3) is 0 Å². The van der Waals surface area contributed by atoms with E-state index in [-0.39, 0.29) is 23.7 Å². The summed E-state index contributed by atoms with van der Waals surface area (Å²) in [4.78, 5) is 27.7. The summed E-state index contributed by atoms with van der Waals surface area (Å²) < 4.78 is 0. The van der Waals surface area contributed by atoms with Crippen LogP contribution in [-0.4, -0.2) is 48.4 Å². The quantitative estimate of drug-likeness (QED) is 0.741. The zero-order valence-corrected chi connectivity index (χ0v) is 16.5. The summed E-state index contributed by atoms with van der Waals surface area (Å²) in [5, 5.41) is 6.13. The van der Waals surface area contributed by atoms with Gasteiger partial charge in [-0.25, -0.2) is 0 Å². The fraction of sp³-hybridized carbons (Fsp3) is 0.900. The Labute approximate surface area is 153 Å². The second-order valence-corrected chi connectivity index (χ2v) is 8.36. The van der Waals surface area contributed by atoms with Gasteiger partial charge in [0.2, 0.25) is 11.8 Å².